The number of halogens is 1. The minimum Gasteiger partial charge on any atom is -0.368 e. The summed E-state index contributed by atoms with van der Waals surface area (Å²) in [5, 5.41) is 11.0. The zero-order valence-corrected chi connectivity index (χ0v) is 15.2. The number of rotatable bonds is 5. The predicted molar refractivity (Wildman–Crippen MR) is 106 cm³/mol. The number of carbonyl (C=O) groups is 1. The zero-order valence-electron chi connectivity index (χ0n) is 15.2. The van der Waals surface area contributed by atoms with Crippen molar-refractivity contribution in [2.75, 3.05) is 31.1 Å². The monoisotopic (exact) mass is 381 g/mol. The molecule has 0 aromatic heterocycles. The summed E-state index contributed by atoms with van der Waals surface area (Å²) in [7, 11) is 0. The molecule has 1 aliphatic rings. The third-order valence-corrected chi connectivity index (χ3v) is 4.54. The van der Waals surface area contributed by atoms with Gasteiger partial charge in [0.1, 0.15) is 5.82 Å². The maximum absolute atomic E-state index is 13.0. The molecule has 6 nitrogen and oxygen atoms in total. The lowest BCUT2D eigenvalue weighted by atomic mass is 10.1. The molecule has 28 heavy (non-hydrogen) atoms. The number of allylic oxidation sites excluding steroid dienone is 2. The Labute approximate surface area is 162 Å². The number of nitro benzene ring substituents is 1. The number of anilines is 1. The second-order valence-electron chi connectivity index (χ2n) is 6.32. The smallest absolute Gasteiger partial charge is 0.276 e. The number of nitrogens with zero attached hydrogens (tertiary/aromatic N) is 3. The summed E-state index contributed by atoms with van der Waals surface area (Å²) in [5.41, 5.74) is 1.45. The van der Waals surface area contributed by atoms with Crippen LogP contribution in [-0.4, -0.2) is 41.9 Å². The Balaban J connectivity index is 1.53. The minimum absolute atomic E-state index is 0.0235. The van der Waals surface area contributed by atoms with E-state index in [0.29, 0.717) is 31.7 Å². The molecule has 1 amide bonds. The van der Waals surface area contributed by atoms with Crippen LogP contribution in [0.3, 0.4) is 0 Å². The molecule has 144 valence electrons. The normalized spacial score (nSPS) is 14.8. The zero-order chi connectivity index (χ0) is 19.9. The van der Waals surface area contributed by atoms with E-state index in [1.54, 1.807) is 53.5 Å². The molecule has 0 saturated carbocycles. The molecule has 1 saturated heterocycles. The molecule has 2 aromatic rings. The van der Waals surface area contributed by atoms with Crippen LogP contribution >= 0.6 is 0 Å². The molecule has 0 bridgehead atoms. The Morgan fingerprint density at radius 2 is 1.68 bits per heavy atom. The van der Waals surface area contributed by atoms with Crippen LogP contribution in [0.2, 0.25) is 0 Å². The van der Waals surface area contributed by atoms with Crippen LogP contribution in [0.25, 0.3) is 6.08 Å². The van der Waals surface area contributed by atoms with E-state index in [1.165, 1.54) is 24.3 Å². The van der Waals surface area contributed by atoms with E-state index in [2.05, 4.69) is 4.90 Å². The molecular weight excluding hydrogens is 361 g/mol. The lowest BCUT2D eigenvalue weighted by Gasteiger charge is -2.35. The highest BCUT2D eigenvalue weighted by molar-refractivity contribution is 5.88. The first-order valence-electron chi connectivity index (χ1n) is 8.92. The first kappa shape index (κ1) is 19.3. The summed E-state index contributed by atoms with van der Waals surface area (Å²) in [6, 6.07) is 12.8. The van der Waals surface area contributed by atoms with Gasteiger partial charge in [0.15, 0.2) is 0 Å². The summed E-state index contributed by atoms with van der Waals surface area (Å²) in [5.74, 6) is -0.373. The first-order chi connectivity index (χ1) is 13.5. The number of amides is 1. The SMILES string of the molecule is O=C(/C=C/C=C/c1ccccc1[N+](=O)[O-])N1CCN(c2ccc(F)cc2)CC1. The molecule has 0 radical (unpaired) electrons. The second kappa shape index (κ2) is 8.94. The topological polar surface area (TPSA) is 66.7 Å². The summed E-state index contributed by atoms with van der Waals surface area (Å²) >= 11 is 0. The van der Waals surface area contributed by atoms with Crippen molar-refractivity contribution in [3.05, 3.63) is 88.3 Å². The molecule has 2 aromatic carbocycles. The van der Waals surface area contributed by atoms with Gasteiger partial charge in [0.2, 0.25) is 5.91 Å². The lowest BCUT2D eigenvalue weighted by molar-refractivity contribution is -0.385. The van der Waals surface area contributed by atoms with Gasteiger partial charge in [-0.25, -0.2) is 4.39 Å². The highest BCUT2D eigenvalue weighted by Crippen LogP contribution is 2.19. The highest BCUT2D eigenvalue weighted by Gasteiger charge is 2.19. The summed E-state index contributed by atoms with van der Waals surface area (Å²) < 4.78 is 13.0. The van der Waals surface area contributed by atoms with Gasteiger partial charge >= 0.3 is 0 Å². The standard InChI is InChI=1S/C21H20FN3O3/c22-18-9-11-19(12-10-18)23-13-15-24(16-14-23)21(26)8-4-2-6-17-5-1-3-7-20(17)25(27)28/h1-12H,13-16H2/b6-2+,8-4+. The maximum Gasteiger partial charge on any atom is 0.276 e. The van der Waals surface area contributed by atoms with Crippen LogP contribution in [-0.2, 0) is 4.79 Å². The van der Waals surface area contributed by atoms with Gasteiger partial charge in [0.05, 0.1) is 10.5 Å². The van der Waals surface area contributed by atoms with E-state index in [9.17, 15) is 19.3 Å². The van der Waals surface area contributed by atoms with Gasteiger partial charge < -0.3 is 9.80 Å². The maximum atomic E-state index is 13.0. The summed E-state index contributed by atoms with van der Waals surface area (Å²) in [6.45, 7) is 2.51. The van der Waals surface area contributed by atoms with Gasteiger partial charge in [0, 0.05) is 44.0 Å². The summed E-state index contributed by atoms with van der Waals surface area (Å²) in [6.07, 6.45) is 6.27. The Morgan fingerprint density at radius 3 is 2.36 bits per heavy atom. The first-order valence-corrected chi connectivity index (χ1v) is 8.92. The van der Waals surface area contributed by atoms with Crippen LogP contribution in [0, 0.1) is 15.9 Å². The number of hydrogen-bond acceptors (Lipinski definition) is 4. The van der Waals surface area contributed by atoms with Crippen LogP contribution < -0.4 is 4.90 Å². The van der Waals surface area contributed by atoms with Crippen molar-refractivity contribution >= 4 is 23.4 Å². The third-order valence-electron chi connectivity index (χ3n) is 4.54. The van der Waals surface area contributed by atoms with Gasteiger partial charge in [-0.05, 0) is 36.4 Å². The number of para-hydroxylation sites is 1. The average Bonchev–Trinajstić information content (AvgIpc) is 2.72. The average molecular weight is 381 g/mol. The van der Waals surface area contributed by atoms with E-state index >= 15 is 0 Å². The Bertz CT molecular complexity index is 901. The number of piperazine rings is 1. The predicted octanol–water partition coefficient (Wildman–Crippen LogP) is 3.65. The fourth-order valence-electron chi connectivity index (χ4n) is 3.03. The Hall–Kier alpha value is -3.48. The summed E-state index contributed by atoms with van der Waals surface area (Å²) in [4.78, 5) is 26.7. The fourth-order valence-corrected chi connectivity index (χ4v) is 3.03. The van der Waals surface area contributed by atoms with Gasteiger partial charge in [0.25, 0.3) is 5.69 Å². The van der Waals surface area contributed by atoms with Crippen LogP contribution in [0.1, 0.15) is 5.56 Å². The van der Waals surface area contributed by atoms with E-state index in [-0.39, 0.29) is 17.4 Å². The second-order valence-corrected chi connectivity index (χ2v) is 6.32. The van der Waals surface area contributed by atoms with E-state index in [0.717, 1.165) is 5.69 Å². The van der Waals surface area contributed by atoms with E-state index in [4.69, 9.17) is 0 Å². The molecule has 0 unspecified atom stereocenters. The van der Waals surface area contributed by atoms with Gasteiger partial charge in [-0.2, -0.15) is 0 Å². The van der Waals surface area contributed by atoms with Crippen LogP contribution in [0.15, 0.2) is 66.8 Å². The van der Waals surface area contributed by atoms with Gasteiger partial charge in [-0.15, -0.1) is 0 Å². The van der Waals surface area contributed by atoms with Crippen LogP contribution in [0.5, 0.6) is 0 Å². The number of benzene rings is 2. The Kier molecular flexibility index (Phi) is 6.16. The largest absolute Gasteiger partial charge is 0.368 e. The molecular formula is C21H20FN3O3. The van der Waals surface area contributed by atoms with Crippen molar-refractivity contribution in [2.45, 2.75) is 0 Å². The van der Waals surface area contributed by atoms with Crippen molar-refractivity contribution in [3.8, 4) is 0 Å². The van der Waals surface area contributed by atoms with Gasteiger partial charge in [-0.1, -0.05) is 24.3 Å². The molecule has 0 atom stereocenters. The third kappa shape index (κ3) is 4.82. The molecule has 1 fully saturated rings. The molecule has 3 rings (SSSR count). The van der Waals surface area contributed by atoms with E-state index in [1.807, 2.05) is 0 Å². The number of nitro groups is 1. The highest BCUT2D eigenvalue weighted by atomic mass is 19.1. The molecule has 7 heteroatoms. The molecule has 1 heterocycles. The molecule has 0 spiro atoms. The van der Waals surface area contributed by atoms with Crippen molar-refractivity contribution < 1.29 is 14.1 Å². The van der Waals surface area contributed by atoms with Crippen molar-refractivity contribution in [2.24, 2.45) is 0 Å². The van der Waals surface area contributed by atoms with Crippen molar-refractivity contribution in [3.63, 3.8) is 0 Å². The lowest BCUT2D eigenvalue weighted by Crippen LogP contribution is -2.48. The molecule has 0 N–H and O–H groups in total. The van der Waals surface area contributed by atoms with Crippen molar-refractivity contribution in [1.29, 1.82) is 0 Å². The van der Waals surface area contributed by atoms with Gasteiger partial charge in [-0.3, -0.25) is 14.9 Å². The molecule has 1 aliphatic heterocycles. The number of hydrogen-bond donors (Lipinski definition) is 0. The van der Waals surface area contributed by atoms with E-state index < -0.39 is 4.92 Å². The quantitative estimate of drug-likeness (QED) is 0.343. The minimum atomic E-state index is -0.435. The Morgan fingerprint density at radius 1 is 1.00 bits per heavy atom. The van der Waals surface area contributed by atoms with Crippen LogP contribution in [0.4, 0.5) is 15.8 Å². The fraction of sp³-hybridized carbons (Fsp3) is 0.190. The number of carbonyl (C=O) groups excluding carboxylic acids is 1. The molecule has 0 aliphatic carbocycles. The van der Waals surface area contributed by atoms with Crippen molar-refractivity contribution in [1.82, 2.24) is 4.90 Å².